The van der Waals surface area contributed by atoms with Crippen molar-refractivity contribution in [2.75, 3.05) is 13.1 Å². The van der Waals surface area contributed by atoms with Crippen molar-refractivity contribution < 1.29 is 4.79 Å². The molecule has 0 unspecified atom stereocenters. The van der Waals surface area contributed by atoms with E-state index in [-0.39, 0.29) is 5.91 Å². The summed E-state index contributed by atoms with van der Waals surface area (Å²) in [6.07, 6.45) is 8.54. The molecule has 0 N–H and O–H groups in total. The van der Waals surface area contributed by atoms with E-state index in [0.717, 1.165) is 25.9 Å². The molecule has 0 aliphatic carbocycles. The quantitative estimate of drug-likeness (QED) is 0.857. The molecule has 1 aromatic heterocycles. The van der Waals surface area contributed by atoms with Crippen LogP contribution in [0.5, 0.6) is 0 Å². The molecule has 0 aromatic carbocycles. The van der Waals surface area contributed by atoms with E-state index in [1.165, 1.54) is 18.4 Å². The second kappa shape index (κ2) is 6.14. The first-order valence-electron chi connectivity index (χ1n) is 8.11. The molecule has 0 spiro atoms. The van der Waals surface area contributed by atoms with Gasteiger partial charge in [-0.3, -0.25) is 14.7 Å². The minimum absolute atomic E-state index is 0.235. The van der Waals surface area contributed by atoms with Crippen LogP contribution in [-0.2, 0) is 4.79 Å². The molecule has 2 aliphatic heterocycles. The van der Waals surface area contributed by atoms with E-state index < -0.39 is 0 Å². The molecule has 3 rings (SSSR count). The highest BCUT2D eigenvalue weighted by atomic mass is 16.2. The summed E-state index contributed by atoms with van der Waals surface area (Å²) in [6.45, 7) is 6.04. The zero-order chi connectivity index (χ0) is 14.8. The van der Waals surface area contributed by atoms with E-state index in [1.54, 1.807) is 6.92 Å². The first-order valence-corrected chi connectivity index (χ1v) is 8.11. The number of hydrogen-bond donors (Lipinski definition) is 0. The number of carbonyl (C=O) groups is 1. The number of carbonyl (C=O) groups excluding carboxylic acids is 1. The molecule has 0 saturated carbocycles. The molecule has 2 fully saturated rings. The average Bonchev–Trinajstić information content (AvgIpc) is 3.15. The van der Waals surface area contributed by atoms with Gasteiger partial charge in [-0.1, -0.05) is 6.07 Å². The van der Waals surface area contributed by atoms with E-state index in [4.69, 9.17) is 0 Å². The summed E-state index contributed by atoms with van der Waals surface area (Å²) >= 11 is 0. The number of pyridine rings is 1. The Morgan fingerprint density at radius 1 is 1.29 bits per heavy atom. The molecule has 4 nitrogen and oxygen atoms in total. The van der Waals surface area contributed by atoms with E-state index in [2.05, 4.69) is 27.8 Å². The number of amides is 1. The van der Waals surface area contributed by atoms with Crippen LogP contribution in [0.2, 0.25) is 0 Å². The number of likely N-dealkylation sites (tertiary alicyclic amines) is 2. The second-order valence-electron chi connectivity index (χ2n) is 6.33. The number of aromatic nitrogens is 1. The summed E-state index contributed by atoms with van der Waals surface area (Å²) in [6, 6.07) is 5.45. The highest BCUT2D eigenvalue weighted by molar-refractivity contribution is 5.74. The van der Waals surface area contributed by atoms with E-state index in [0.29, 0.717) is 18.1 Å². The molecular formula is C17H25N3O. The lowest BCUT2D eigenvalue weighted by Gasteiger charge is -2.37. The Balaban J connectivity index is 1.78. The number of rotatable bonds is 3. The Morgan fingerprint density at radius 3 is 2.76 bits per heavy atom. The van der Waals surface area contributed by atoms with Crippen molar-refractivity contribution >= 4 is 5.91 Å². The molecule has 1 aromatic rings. The highest BCUT2D eigenvalue weighted by Crippen LogP contribution is 2.35. The van der Waals surface area contributed by atoms with E-state index in [1.807, 2.05) is 18.5 Å². The zero-order valence-electron chi connectivity index (χ0n) is 13.0. The maximum Gasteiger partial charge on any atom is 0.219 e. The van der Waals surface area contributed by atoms with Gasteiger partial charge in [-0.2, -0.15) is 0 Å². The van der Waals surface area contributed by atoms with Gasteiger partial charge >= 0.3 is 0 Å². The maximum atomic E-state index is 11.9. The van der Waals surface area contributed by atoms with Gasteiger partial charge in [0.2, 0.25) is 5.91 Å². The summed E-state index contributed by atoms with van der Waals surface area (Å²) in [5.74, 6) is 0.235. The Kier molecular flexibility index (Phi) is 4.24. The van der Waals surface area contributed by atoms with Gasteiger partial charge in [-0.25, -0.2) is 0 Å². The molecule has 0 radical (unpaired) electrons. The van der Waals surface area contributed by atoms with Gasteiger partial charge in [0.25, 0.3) is 0 Å². The lowest BCUT2D eigenvalue weighted by atomic mass is 10.0. The molecule has 0 bridgehead atoms. The summed E-state index contributed by atoms with van der Waals surface area (Å²) in [5.41, 5.74) is 1.27. The van der Waals surface area contributed by atoms with Crippen molar-refractivity contribution in [3.63, 3.8) is 0 Å². The Morgan fingerprint density at radius 2 is 2.05 bits per heavy atom. The molecule has 3 heterocycles. The van der Waals surface area contributed by atoms with Crippen molar-refractivity contribution in [3.05, 3.63) is 30.1 Å². The van der Waals surface area contributed by atoms with Gasteiger partial charge in [0.1, 0.15) is 0 Å². The topological polar surface area (TPSA) is 36.4 Å². The molecule has 21 heavy (non-hydrogen) atoms. The molecule has 2 aliphatic rings. The normalized spacial score (nSPS) is 28.0. The molecule has 114 valence electrons. The van der Waals surface area contributed by atoms with Crippen LogP contribution in [0.15, 0.2) is 24.5 Å². The van der Waals surface area contributed by atoms with Crippen LogP contribution in [0.3, 0.4) is 0 Å². The van der Waals surface area contributed by atoms with Crippen LogP contribution < -0.4 is 0 Å². The minimum atomic E-state index is 0.235. The molecule has 2 saturated heterocycles. The zero-order valence-corrected chi connectivity index (χ0v) is 13.0. The summed E-state index contributed by atoms with van der Waals surface area (Å²) in [7, 11) is 0. The van der Waals surface area contributed by atoms with Crippen LogP contribution in [0, 0.1) is 0 Å². The van der Waals surface area contributed by atoms with Crippen molar-refractivity contribution in [1.29, 1.82) is 0 Å². The minimum Gasteiger partial charge on any atom is -0.338 e. The second-order valence-corrected chi connectivity index (χ2v) is 6.33. The summed E-state index contributed by atoms with van der Waals surface area (Å²) in [5, 5.41) is 0. The number of nitrogens with zero attached hydrogens (tertiary/aromatic N) is 3. The van der Waals surface area contributed by atoms with Crippen molar-refractivity contribution in [2.24, 2.45) is 0 Å². The largest absolute Gasteiger partial charge is 0.338 e. The Hall–Kier alpha value is -1.42. The van der Waals surface area contributed by atoms with Crippen LogP contribution in [0.1, 0.15) is 51.1 Å². The Bertz CT molecular complexity index is 490. The fraction of sp³-hybridized carbons (Fsp3) is 0.647. The maximum absolute atomic E-state index is 11.9. The van der Waals surface area contributed by atoms with E-state index in [9.17, 15) is 4.79 Å². The summed E-state index contributed by atoms with van der Waals surface area (Å²) < 4.78 is 0. The lowest BCUT2D eigenvalue weighted by Crippen LogP contribution is -2.48. The first-order chi connectivity index (χ1) is 10.2. The highest BCUT2D eigenvalue weighted by Gasteiger charge is 2.40. The standard InChI is InChI=1S/C17H25N3O/c1-13(15-6-3-9-18-12-15)19-10-4-7-16(19)17-8-5-11-20(17)14(2)21/h3,6,9,12-13,16-17H,4-5,7-8,10-11H2,1-2H3/t13-,16-,17+/m0/s1. The predicted octanol–water partition coefficient (Wildman–Crippen LogP) is 2.62. The summed E-state index contributed by atoms with van der Waals surface area (Å²) in [4.78, 5) is 20.8. The van der Waals surface area contributed by atoms with Gasteiger partial charge in [0.15, 0.2) is 0 Å². The Labute approximate surface area is 127 Å². The SMILES string of the molecule is CC(=O)N1CCC[C@@H]1[C@@H]1CCCN1[C@@H](C)c1cccnc1. The van der Waals surface area contributed by atoms with Crippen LogP contribution in [-0.4, -0.2) is 45.9 Å². The van der Waals surface area contributed by atoms with Gasteiger partial charge in [0, 0.05) is 44.0 Å². The van der Waals surface area contributed by atoms with Gasteiger partial charge in [-0.05, 0) is 50.8 Å². The van der Waals surface area contributed by atoms with Crippen molar-refractivity contribution in [2.45, 2.75) is 57.7 Å². The monoisotopic (exact) mass is 287 g/mol. The van der Waals surface area contributed by atoms with Gasteiger partial charge < -0.3 is 4.90 Å². The van der Waals surface area contributed by atoms with Gasteiger partial charge in [0.05, 0.1) is 0 Å². The fourth-order valence-electron chi connectivity index (χ4n) is 4.11. The lowest BCUT2D eigenvalue weighted by molar-refractivity contribution is -0.130. The fourth-order valence-corrected chi connectivity index (χ4v) is 4.11. The average molecular weight is 287 g/mol. The van der Waals surface area contributed by atoms with Crippen LogP contribution >= 0.6 is 0 Å². The molecular weight excluding hydrogens is 262 g/mol. The van der Waals surface area contributed by atoms with Crippen LogP contribution in [0.4, 0.5) is 0 Å². The molecule has 4 heteroatoms. The third kappa shape index (κ3) is 2.82. The number of hydrogen-bond acceptors (Lipinski definition) is 3. The predicted molar refractivity (Wildman–Crippen MR) is 82.8 cm³/mol. The molecule has 1 amide bonds. The smallest absolute Gasteiger partial charge is 0.219 e. The van der Waals surface area contributed by atoms with E-state index >= 15 is 0 Å². The third-order valence-electron chi connectivity index (χ3n) is 5.15. The van der Waals surface area contributed by atoms with Crippen molar-refractivity contribution in [3.8, 4) is 0 Å². The van der Waals surface area contributed by atoms with Crippen molar-refractivity contribution in [1.82, 2.24) is 14.8 Å². The first kappa shape index (κ1) is 14.5. The van der Waals surface area contributed by atoms with Crippen LogP contribution in [0.25, 0.3) is 0 Å². The van der Waals surface area contributed by atoms with Gasteiger partial charge in [-0.15, -0.1) is 0 Å². The molecule has 3 atom stereocenters. The third-order valence-corrected chi connectivity index (χ3v) is 5.15.